The molecule has 19 heavy (non-hydrogen) atoms. The fourth-order valence-corrected chi connectivity index (χ4v) is 3.48. The summed E-state index contributed by atoms with van der Waals surface area (Å²) < 4.78 is 22.8. The monoisotopic (exact) mass is 288 g/mol. The number of aryl methyl sites for hydroxylation is 1. The fraction of sp³-hybridized carbons (Fsp3) is 0.538. The maximum absolute atomic E-state index is 12.4. The second-order valence-corrected chi connectivity index (χ2v) is 6.24. The number of hydrogen-bond donors (Lipinski definition) is 1. The minimum absolute atomic E-state index is 0.0196. The molecule has 0 aromatic heterocycles. The van der Waals surface area contributed by atoms with Crippen molar-refractivity contribution >= 4 is 7.60 Å². The van der Waals surface area contributed by atoms with Gasteiger partial charge in [0, 0.05) is 0 Å². The molecular formula is C13H21O5P. The molecule has 0 amide bonds. The summed E-state index contributed by atoms with van der Waals surface area (Å²) in [6.07, 6.45) is -0.752. The summed E-state index contributed by atoms with van der Waals surface area (Å²) in [7, 11) is -3.25. The highest BCUT2D eigenvalue weighted by atomic mass is 31.2. The van der Waals surface area contributed by atoms with Gasteiger partial charge >= 0.3 is 7.60 Å². The summed E-state index contributed by atoms with van der Waals surface area (Å²) in [5.74, 6) is 0. The van der Waals surface area contributed by atoms with Crippen LogP contribution in [0, 0.1) is 6.92 Å². The molecule has 0 heterocycles. The predicted molar refractivity (Wildman–Crippen MR) is 73.4 cm³/mol. The normalized spacial score (nSPS) is 13.5. The number of hydrogen-bond acceptors (Lipinski definition) is 5. The van der Waals surface area contributed by atoms with Crippen molar-refractivity contribution in [3.63, 3.8) is 0 Å². The van der Waals surface area contributed by atoms with Gasteiger partial charge in [0.25, 0.3) is 0 Å². The van der Waals surface area contributed by atoms with Crippen LogP contribution in [0.4, 0.5) is 0 Å². The van der Waals surface area contributed by atoms with Crippen molar-refractivity contribution in [1.29, 1.82) is 0 Å². The molecule has 1 N–H and O–H groups in total. The molecule has 0 fully saturated rings. The Kier molecular flexibility index (Phi) is 6.69. The molecule has 1 rings (SSSR count). The van der Waals surface area contributed by atoms with Crippen LogP contribution in [-0.4, -0.2) is 24.6 Å². The van der Waals surface area contributed by atoms with E-state index >= 15 is 0 Å². The molecule has 0 aliphatic carbocycles. The van der Waals surface area contributed by atoms with Gasteiger partial charge in [0.1, 0.15) is 6.10 Å². The minimum atomic E-state index is -3.25. The topological polar surface area (TPSA) is 65.0 Å². The van der Waals surface area contributed by atoms with Crippen molar-refractivity contribution < 1.29 is 23.8 Å². The summed E-state index contributed by atoms with van der Waals surface area (Å²) in [4.78, 5) is 4.43. The molecule has 0 aliphatic rings. The van der Waals surface area contributed by atoms with E-state index in [4.69, 9.17) is 14.3 Å². The van der Waals surface area contributed by atoms with Crippen LogP contribution in [0.15, 0.2) is 24.3 Å². The molecule has 1 aromatic carbocycles. The van der Waals surface area contributed by atoms with Crippen molar-refractivity contribution in [3.05, 3.63) is 35.4 Å². The second-order valence-electron chi connectivity index (χ2n) is 4.13. The first-order valence-corrected chi connectivity index (χ1v) is 8.02. The molecule has 1 aromatic rings. The molecular weight excluding hydrogens is 267 g/mol. The van der Waals surface area contributed by atoms with E-state index in [2.05, 4.69) is 4.89 Å². The highest BCUT2D eigenvalue weighted by Gasteiger charge is 2.30. The minimum Gasteiger partial charge on any atom is -0.309 e. The lowest BCUT2D eigenvalue weighted by molar-refractivity contribution is -0.276. The average Bonchev–Trinajstić information content (AvgIpc) is 2.38. The van der Waals surface area contributed by atoms with E-state index in [0.717, 1.165) is 11.1 Å². The Morgan fingerprint density at radius 2 is 1.68 bits per heavy atom. The molecule has 0 radical (unpaired) electrons. The van der Waals surface area contributed by atoms with Crippen LogP contribution < -0.4 is 0 Å². The van der Waals surface area contributed by atoms with Gasteiger partial charge in [-0.3, -0.25) is 9.82 Å². The maximum atomic E-state index is 12.4. The third-order valence-corrected chi connectivity index (χ3v) is 4.70. The van der Waals surface area contributed by atoms with Gasteiger partial charge in [-0.05, 0) is 26.3 Å². The largest absolute Gasteiger partial charge is 0.333 e. The number of rotatable bonds is 8. The highest BCUT2D eigenvalue weighted by molar-refractivity contribution is 7.53. The van der Waals surface area contributed by atoms with Crippen molar-refractivity contribution in [2.24, 2.45) is 0 Å². The van der Waals surface area contributed by atoms with Crippen LogP contribution in [-0.2, 0) is 18.5 Å². The quantitative estimate of drug-likeness (QED) is 0.448. The molecule has 108 valence electrons. The average molecular weight is 288 g/mol. The fourth-order valence-electron chi connectivity index (χ4n) is 1.72. The molecule has 1 unspecified atom stereocenters. The SMILES string of the molecule is CCOP(=O)(CC(OO)c1ccc(C)cc1)OCC. The molecule has 1 atom stereocenters. The van der Waals surface area contributed by atoms with Crippen molar-refractivity contribution in [2.75, 3.05) is 19.4 Å². The molecule has 0 spiro atoms. The lowest BCUT2D eigenvalue weighted by Crippen LogP contribution is -2.11. The third-order valence-electron chi connectivity index (χ3n) is 2.62. The van der Waals surface area contributed by atoms with Gasteiger partial charge in [-0.1, -0.05) is 29.8 Å². The van der Waals surface area contributed by atoms with E-state index < -0.39 is 13.7 Å². The van der Waals surface area contributed by atoms with Gasteiger partial charge in [0.2, 0.25) is 0 Å². The second kappa shape index (κ2) is 7.78. The summed E-state index contributed by atoms with van der Waals surface area (Å²) in [5, 5.41) is 9.02. The molecule has 0 aliphatic heterocycles. The lowest BCUT2D eigenvalue weighted by Gasteiger charge is -2.21. The summed E-state index contributed by atoms with van der Waals surface area (Å²) in [6.45, 7) is 6.01. The third kappa shape index (κ3) is 5.05. The molecule has 5 nitrogen and oxygen atoms in total. The zero-order chi connectivity index (χ0) is 14.3. The summed E-state index contributed by atoms with van der Waals surface area (Å²) >= 11 is 0. The van der Waals surface area contributed by atoms with Crippen LogP contribution >= 0.6 is 7.60 Å². The van der Waals surface area contributed by atoms with E-state index in [1.54, 1.807) is 13.8 Å². The first-order chi connectivity index (χ1) is 9.04. The van der Waals surface area contributed by atoms with Crippen LogP contribution in [0.3, 0.4) is 0 Å². The molecule has 6 heteroatoms. The van der Waals surface area contributed by atoms with Crippen LogP contribution in [0.1, 0.15) is 31.1 Å². The zero-order valence-electron chi connectivity index (χ0n) is 11.5. The highest BCUT2D eigenvalue weighted by Crippen LogP contribution is 2.51. The maximum Gasteiger partial charge on any atom is 0.333 e. The Bertz CT molecular complexity index is 408. The van der Waals surface area contributed by atoms with Crippen molar-refractivity contribution in [3.8, 4) is 0 Å². The van der Waals surface area contributed by atoms with E-state index in [1.807, 2.05) is 31.2 Å². The Balaban J connectivity index is 2.85. The lowest BCUT2D eigenvalue weighted by atomic mass is 10.1. The van der Waals surface area contributed by atoms with Crippen molar-refractivity contribution in [1.82, 2.24) is 0 Å². The Morgan fingerprint density at radius 1 is 1.16 bits per heavy atom. The van der Waals surface area contributed by atoms with E-state index in [-0.39, 0.29) is 19.4 Å². The molecule has 0 saturated carbocycles. The van der Waals surface area contributed by atoms with E-state index in [1.165, 1.54) is 0 Å². The summed E-state index contributed by atoms with van der Waals surface area (Å²) in [5.41, 5.74) is 1.82. The van der Waals surface area contributed by atoms with Crippen molar-refractivity contribution in [2.45, 2.75) is 26.9 Å². The van der Waals surface area contributed by atoms with E-state index in [0.29, 0.717) is 0 Å². The number of benzene rings is 1. The van der Waals surface area contributed by atoms with Gasteiger partial charge in [0.05, 0.1) is 19.4 Å². The molecule has 0 bridgehead atoms. The standard InChI is InChI=1S/C13H21O5P/c1-4-16-19(15,17-5-2)10-13(18-14)12-8-6-11(3)7-9-12/h6-9,13-14H,4-5,10H2,1-3H3. The predicted octanol–water partition coefficient (Wildman–Crippen LogP) is 3.79. The van der Waals surface area contributed by atoms with Gasteiger partial charge in [-0.2, -0.15) is 0 Å². The van der Waals surface area contributed by atoms with E-state index in [9.17, 15) is 4.57 Å². The van der Waals surface area contributed by atoms with Gasteiger partial charge in [-0.25, -0.2) is 4.89 Å². The zero-order valence-corrected chi connectivity index (χ0v) is 12.4. The first kappa shape index (κ1) is 16.3. The van der Waals surface area contributed by atoms with Crippen LogP contribution in [0.25, 0.3) is 0 Å². The van der Waals surface area contributed by atoms with Gasteiger partial charge < -0.3 is 9.05 Å². The Labute approximate surface area is 114 Å². The smallest absolute Gasteiger partial charge is 0.309 e. The van der Waals surface area contributed by atoms with Gasteiger partial charge in [0.15, 0.2) is 0 Å². The first-order valence-electron chi connectivity index (χ1n) is 6.29. The van der Waals surface area contributed by atoms with Crippen LogP contribution in [0.2, 0.25) is 0 Å². The Hall–Kier alpha value is -0.710. The van der Waals surface area contributed by atoms with Gasteiger partial charge in [-0.15, -0.1) is 0 Å². The Morgan fingerprint density at radius 3 is 2.11 bits per heavy atom. The summed E-state index contributed by atoms with van der Waals surface area (Å²) in [6, 6.07) is 7.43. The van der Waals surface area contributed by atoms with Crippen LogP contribution in [0.5, 0.6) is 0 Å². The molecule has 0 saturated heterocycles.